The molecule has 86 valence electrons. The molecule has 1 aromatic rings. The molecule has 1 heterocycles. The minimum Gasteiger partial charge on any atom is -0.469 e. The smallest absolute Gasteiger partial charge is 0.147 e. The number of hydrogen-bond acceptors (Lipinski definition) is 4. The second-order valence-electron chi connectivity index (χ2n) is 3.81. The Morgan fingerprint density at radius 1 is 1.53 bits per heavy atom. The number of furan rings is 1. The molecule has 1 aromatic heterocycles. The fourth-order valence-corrected chi connectivity index (χ4v) is 2.19. The standard InChI is InChI=1S/C10H17NO3S/c1-8-9(5-6-14-8)10(11)4-3-7-15(2,12)13/h5-6,10H,3-4,7,11H2,1-2H3. The summed E-state index contributed by atoms with van der Waals surface area (Å²) >= 11 is 0. The van der Waals surface area contributed by atoms with Gasteiger partial charge in [-0.1, -0.05) is 0 Å². The molecule has 0 bridgehead atoms. The molecule has 1 atom stereocenters. The molecule has 5 heteroatoms. The number of nitrogens with two attached hydrogens (primary N) is 1. The Bertz CT molecular complexity index is 408. The van der Waals surface area contributed by atoms with Crippen molar-refractivity contribution in [3.8, 4) is 0 Å². The van der Waals surface area contributed by atoms with E-state index in [1.807, 2.05) is 13.0 Å². The first-order chi connectivity index (χ1) is 6.90. The Labute approximate surface area is 90.4 Å². The quantitative estimate of drug-likeness (QED) is 0.831. The van der Waals surface area contributed by atoms with Crippen molar-refractivity contribution in [3.63, 3.8) is 0 Å². The van der Waals surface area contributed by atoms with Crippen LogP contribution < -0.4 is 5.73 Å². The molecular formula is C10H17NO3S. The molecule has 0 amide bonds. The molecule has 0 aliphatic carbocycles. The average molecular weight is 231 g/mol. The second kappa shape index (κ2) is 4.81. The molecule has 0 aliphatic rings. The molecular weight excluding hydrogens is 214 g/mol. The molecule has 15 heavy (non-hydrogen) atoms. The molecule has 1 rings (SSSR count). The maximum absolute atomic E-state index is 10.9. The van der Waals surface area contributed by atoms with E-state index in [2.05, 4.69) is 0 Å². The minimum absolute atomic E-state index is 0.134. The molecule has 0 aromatic carbocycles. The van der Waals surface area contributed by atoms with Crippen LogP contribution in [0.2, 0.25) is 0 Å². The van der Waals surface area contributed by atoms with Crippen molar-refractivity contribution >= 4 is 9.84 Å². The van der Waals surface area contributed by atoms with E-state index in [9.17, 15) is 8.42 Å². The summed E-state index contributed by atoms with van der Waals surface area (Å²) in [6, 6.07) is 1.70. The first kappa shape index (κ1) is 12.3. The fraction of sp³-hybridized carbons (Fsp3) is 0.600. The molecule has 0 radical (unpaired) electrons. The molecule has 0 spiro atoms. The average Bonchev–Trinajstić information content (AvgIpc) is 2.48. The predicted octanol–water partition coefficient (Wildman–Crippen LogP) is 1.41. The first-order valence-corrected chi connectivity index (χ1v) is 6.93. The molecule has 0 saturated heterocycles. The normalized spacial score (nSPS) is 14.1. The maximum Gasteiger partial charge on any atom is 0.147 e. The minimum atomic E-state index is -2.88. The van der Waals surface area contributed by atoms with Crippen molar-refractivity contribution in [2.45, 2.75) is 25.8 Å². The Hall–Kier alpha value is -0.810. The summed E-state index contributed by atoms with van der Waals surface area (Å²) in [5, 5.41) is 0. The van der Waals surface area contributed by atoms with Gasteiger partial charge in [0.2, 0.25) is 0 Å². The van der Waals surface area contributed by atoms with E-state index in [1.165, 1.54) is 6.26 Å². The lowest BCUT2D eigenvalue weighted by molar-refractivity contribution is 0.519. The lowest BCUT2D eigenvalue weighted by atomic mass is 10.0. The van der Waals surface area contributed by atoms with Gasteiger partial charge in [0.1, 0.15) is 15.6 Å². The highest BCUT2D eigenvalue weighted by Crippen LogP contribution is 2.20. The molecule has 0 aliphatic heterocycles. The van der Waals surface area contributed by atoms with Crippen LogP contribution in [0.15, 0.2) is 16.7 Å². The van der Waals surface area contributed by atoms with Crippen LogP contribution in [0.25, 0.3) is 0 Å². The van der Waals surface area contributed by atoms with Crippen LogP contribution in [0.5, 0.6) is 0 Å². The molecule has 0 saturated carbocycles. The summed E-state index contributed by atoms with van der Waals surface area (Å²) in [7, 11) is -2.88. The number of sulfone groups is 1. The van der Waals surface area contributed by atoms with E-state index in [0.29, 0.717) is 12.8 Å². The van der Waals surface area contributed by atoms with Crippen molar-refractivity contribution in [1.29, 1.82) is 0 Å². The van der Waals surface area contributed by atoms with Gasteiger partial charge in [-0.25, -0.2) is 8.42 Å². The van der Waals surface area contributed by atoms with Crippen LogP contribution >= 0.6 is 0 Å². The summed E-state index contributed by atoms with van der Waals surface area (Å²) < 4.78 is 26.9. The van der Waals surface area contributed by atoms with Gasteiger partial charge in [0.05, 0.1) is 6.26 Å². The zero-order valence-corrected chi connectivity index (χ0v) is 9.88. The highest BCUT2D eigenvalue weighted by Gasteiger charge is 2.12. The van der Waals surface area contributed by atoms with Crippen molar-refractivity contribution in [1.82, 2.24) is 0 Å². The molecule has 0 fully saturated rings. The monoisotopic (exact) mass is 231 g/mol. The highest BCUT2D eigenvalue weighted by atomic mass is 32.2. The van der Waals surface area contributed by atoms with E-state index < -0.39 is 9.84 Å². The van der Waals surface area contributed by atoms with Crippen molar-refractivity contribution in [2.75, 3.05) is 12.0 Å². The van der Waals surface area contributed by atoms with E-state index in [0.717, 1.165) is 11.3 Å². The topological polar surface area (TPSA) is 73.3 Å². The van der Waals surface area contributed by atoms with Crippen molar-refractivity contribution in [3.05, 3.63) is 23.7 Å². The zero-order valence-electron chi connectivity index (χ0n) is 9.06. The van der Waals surface area contributed by atoms with E-state index >= 15 is 0 Å². The molecule has 2 N–H and O–H groups in total. The summed E-state index contributed by atoms with van der Waals surface area (Å²) in [5.74, 6) is 0.999. The van der Waals surface area contributed by atoms with Crippen LogP contribution in [-0.2, 0) is 9.84 Å². The molecule has 4 nitrogen and oxygen atoms in total. The summed E-state index contributed by atoms with van der Waals surface area (Å²) in [6.45, 7) is 1.85. The third-order valence-corrected chi connectivity index (χ3v) is 3.36. The zero-order chi connectivity index (χ0) is 11.5. The van der Waals surface area contributed by atoms with Gasteiger partial charge >= 0.3 is 0 Å². The first-order valence-electron chi connectivity index (χ1n) is 4.87. The van der Waals surface area contributed by atoms with Gasteiger partial charge in [0.15, 0.2) is 0 Å². The van der Waals surface area contributed by atoms with E-state index in [-0.39, 0.29) is 11.8 Å². The summed E-state index contributed by atoms with van der Waals surface area (Å²) in [4.78, 5) is 0. The van der Waals surface area contributed by atoms with Gasteiger partial charge in [-0.2, -0.15) is 0 Å². The van der Waals surface area contributed by atoms with Crippen LogP contribution in [0.1, 0.15) is 30.2 Å². The lowest BCUT2D eigenvalue weighted by Crippen LogP contribution is -2.12. The van der Waals surface area contributed by atoms with Gasteiger partial charge < -0.3 is 10.2 Å². The fourth-order valence-electron chi connectivity index (χ4n) is 1.50. The third-order valence-electron chi connectivity index (χ3n) is 2.33. The van der Waals surface area contributed by atoms with Gasteiger partial charge in [-0.15, -0.1) is 0 Å². The number of aryl methyl sites for hydroxylation is 1. The van der Waals surface area contributed by atoms with Gasteiger partial charge in [-0.05, 0) is 25.8 Å². The number of hydrogen-bond donors (Lipinski definition) is 1. The van der Waals surface area contributed by atoms with Gasteiger partial charge in [0, 0.05) is 23.6 Å². The number of rotatable bonds is 5. The van der Waals surface area contributed by atoms with Crippen LogP contribution in [0.3, 0.4) is 0 Å². The Kier molecular flexibility index (Phi) is 3.93. The second-order valence-corrected chi connectivity index (χ2v) is 6.07. The Balaban J connectivity index is 2.44. The van der Waals surface area contributed by atoms with Crippen LogP contribution in [0, 0.1) is 6.92 Å². The third kappa shape index (κ3) is 4.05. The summed E-state index contributed by atoms with van der Waals surface area (Å²) in [5.41, 5.74) is 6.88. The predicted molar refractivity (Wildman–Crippen MR) is 59.3 cm³/mol. The van der Waals surface area contributed by atoms with Crippen molar-refractivity contribution in [2.24, 2.45) is 5.73 Å². The Morgan fingerprint density at radius 2 is 2.20 bits per heavy atom. The lowest BCUT2D eigenvalue weighted by Gasteiger charge is -2.09. The largest absolute Gasteiger partial charge is 0.469 e. The van der Waals surface area contributed by atoms with Gasteiger partial charge in [-0.3, -0.25) is 0 Å². The molecule has 1 unspecified atom stereocenters. The van der Waals surface area contributed by atoms with E-state index in [4.69, 9.17) is 10.2 Å². The van der Waals surface area contributed by atoms with Gasteiger partial charge in [0.25, 0.3) is 0 Å². The maximum atomic E-state index is 10.9. The van der Waals surface area contributed by atoms with Crippen LogP contribution in [0.4, 0.5) is 0 Å². The van der Waals surface area contributed by atoms with E-state index in [1.54, 1.807) is 6.26 Å². The SMILES string of the molecule is Cc1occc1C(N)CCCS(C)(=O)=O. The summed E-state index contributed by atoms with van der Waals surface area (Å²) in [6.07, 6.45) is 4.08. The van der Waals surface area contributed by atoms with Crippen molar-refractivity contribution < 1.29 is 12.8 Å². The highest BCUT2D eigenvalue weighted by molar-refractivity contribution is 7.90. The van der Waals surface area contributed by atoms with Crippen LogP contribution in [-0.4, -0.2) is 20.4 Å². The Morgan fingerprint density at radius 3 is 2.67 bits per heavy atom.